The summed E-state index contributed by atoms with van der Waals surface area (Å²) in [6, 6.07) is 7.29. The number of benzene rings is 1. The molecular formula is C21H28N4O3. The summed E-state index contributed by atoms with van der Waals surface area (Å²) in [6.45, 7) is 7.08. The highest BCUT2D eigenvalue weighted by Crippen LogP contribution is 2.30. The first kappa shape index (κ1) is 20.1. The Morgan fingerprint density at radius 3 is 2.71 bits per heavy atom. The number of fused-ring (bicyclic) bond motifs is 3. The van der Waals surface area contributed by atoms with Crippen LogP contribution in [-0.2, 0) is 16.6 Å². The van der Waals surface area contributed by atoms with Crippen LogP contribution in [0.4, 0.5) is 0 Å². The SMILES string of the molecule is CC[C@H](C(=O)NCCCOC(C)C)n1c2ccccc2c2cnn(C)c(=O)c21. The molecule has 7 heteroatoms. The third-order valence-electron chi connectivity index (χ3n) is 4.88. The fraction of sp³-hybridized carbons (Fsp3) is 0.476. The van der Waals surface area contributed by atoms with Gasteiger partial charge in [-0.25, -0.2) is 4.68 Å². The average Bonchev–Trinajstić information content (AvgIpc) is 3.00. The maximum atomic E-state index is 13.0. The summed E-state index contributed by atoms with van der Waals surface area (Å²) in [5.74, 6) is -0.0893. The highest BCUT2D eigenvalue weighted by molar-refractivity contribution is 6.08. The van der Waals surface area contributed by atoms with Crippen molar-refractivity contribution in [1.29, 1.82) is 0 Å². The van der Waals surface area contributed by atoms with Gasteiger partial charge in [0.2, 0.25) is 5.91 Å². The molecule has 0 unspecified atom stereocenters. The number of nitrogens with zero attached hydrogens (tertiary/aromatic N) is 3. The van der Waals surface area contributed by atoms with Crippen molar-refractivity contribution in [3.63, 3.8) is 0 Å². The minimum Gasteiger partial charge on any atom is -0.379 e. The molecule has 0 saturated heterocycles. The van der Waals surface area contributed by atoms with E-state index in [1.165, 1.54) is 4.68 Å². The molecule has 2 aromatic heterocycles. The first-order valence-electron chi connectivity index (χ1n) is 9.80. The third kappa shape index (κ3) is 3.80. The van der Waals surface area contributed by atoms with Gasteiger partial charge in [-0.05, 0) is 32.8 Å². The van der Waals surface area contributed by atoms with E-state index in [1.54, 1.807) is 13.2 Å². The van der Waals surface area contributed by atoms with Gasteiger partial charge in [0, 0.05) is 31.0 Å². The molecule has 3 aromatic rings. The monoisotopic (exact) mass is 384 g/mol. The molecule has 1 aromatic carbocycles. The molecule has 7 nitrogen and oxygen atoms in total. The molecule has 3 rings (SSSR count). The summed E-state index contributed by atoms with van der Waals surface area (Å²) in [6.07, 6.45) is 3.21. The summed E-state index contributed by atoms with van der Waals surface area (Å²) in [7, 11) is 1.62. The van der Waals surface area contributed by atoms with Crippen LogP contribution in [-0.4, -0.2) is 39.5 Å². The number of carbonyl (C=O) groups is 1. The molecule has 0 radical (unpaired) electrons. The van der Waals surface area contributed by atoms with Crippen molar-refractivity contribution in [1.82, 2.24) is 19.7 Å². The molecule has 0 fully saturated rings. The average molecular weight is 384 g/mol. The lowest BCUT2D eigenvalue weighted by atomic mass is 10.2. The fourth-order valence-electron chi connectivity index (χ4n) is 3.52. The number of nitrogens with one attached hydrogen (secondary N) is 1. The van der Waals surface area contributed by atoms with Crippen molar-refractivity contribution in [3.05, 3.63) is 40.8 Å². The lowest BCUT2D eigenvalue weighted by Gasteiger charge is -2.19. The molecule has 150 valence electrons. The molecule has 0 saturated carbocycles. The minimum atomic E-state index is -0.469. The van der Waals surface area contributed by atoms with E-state index in [4.69, 9.17) is 4.74 Å². The van der Waals surface area contributed by atoms with Crippen molar-refractivity contribution in [2.45, 2.75) is 45.8 Å². The van der Waals surface area contributed by atoms with Crippen molar-refractivity contribution in [2.24, 2.45) is 7.05 Å². The second-order valence-electron chi connectivity index (χ2n) is 7.21. The summed E-state index contributed by atoms with van der Waals surface area (Å²) in [4.78, 5) is 25.8. The lowest BCUT2D eigenvalue weighted by molar-refractivity contribution is -0.124. The van der Waals surface area contributed by atoms with Crippen molar-refractivity contribution < 1.29 is 9.53 Å². The van der Waals surface area contributed by atoms with Gasteiger partial charge < -0.3 is 14.6 Å². The zero-order chi connectivity index (χ0) is 20.3. The van der Waals surface area contributed by atoms with Crippen molar-refractivity contribution >= 4 is 27.7 Å². The Labute approximate surface area is 164 Å². The Morgan fingerprint density at radius 1 is 1.25 bits per heavy atom. The predicted octanol–water partition coefficient (Wildman–Crippen LogP) is 2.77. The molecule has 1 amide bonds. The first-order chi connectivity index (χ1) is 13.5. The van der Waals surface area contributed by atoms with Crippen LogP contribution >= 0.6 is 0 Å². The van der Waals surface area contributed by atoms with E-state index in [9.17, 15) is 9.59 Å². The largest absolute Gasteiger partial charge is 0.379 e. The van der Waals surface area contributed by atoms with E-state index >= 15 is 0 Å². The van der Waals surface area contributed by atoms with Gasteiger partial charge in [0.1, 0.15) is 11.6 Å². The fourth-order valence-corrected chi connectivity index (χ4v) is 3.52. The molecule has 1 atom stereocenters. The van der Waals surface area contributed by atoms with Gasteiger partial charge in [0.05, 0.1) is 17.8 Å². The van der Waals surface area contributed by atoms with Gasteiger partial charge in [-0.1, -0.05) is 25.1 Å². The Kier molecular flexibility index (Phi) is 6.14. The molecule has 0 aliphatic heterocycles. The summed E-state index contributed by atoms with van der Waals surface area (Å²) in [5, 5.41) is 8.86. The first-order valence-corrected chi connectivity index (χ1v) is 9.80. The minimum absolute atomic E-state index is 0.0893. The van der Waals surface area contributed by atoms with E-state index in [1.807, 2.05) is 49.6 Å². The molecule has 28 heavy (non-hydrogen) atoms. The second-order valence-corrected chi connectivity index (χ2v) is 7.21. The van der Waals surface area contributed by atoms with Crippen molar-refractivity contribution in [2.75, 3.05) is 13.2 Å². The maximum absolute atomic E-state index is 13.0. The van der Waals surface area contributed by atoms with Crippen LogP contribution in [0.2, 0.25) is 0 Å². The zero-order valence-corrected chi connectivity index (χ0v) is 16.9. The van der Waals surface area contributed by atoms with Gasteiger partial charge >= 0.3 is 0 Å². The van der Waals surface area contributed by atoms with E-state index in [0.29, 0.717) is 25.1 Å². The number of amides is 1. The number of ether oxygens (including phenoxy) is 1. The number of aromatic nitrogens is 3. The maximum Gasteiger partial charge on any atom is 0.291 e. The molecule has 0 bridgehead atoms. The van der Waals surface area contributed by atoms with Gasteiger partial charge in [0.25, 0.3) is 5.56 Å². The highest BCUT2D eigenvalue weighted by Gasteiger charge is 2.25. The predicted molar refractivity (Wildman–Crippen MR) is 111 cm³/mol. The number of para-hydroxylation sites is 1. The Balaban J connectivity index is 1.96. The number of hydrogen-bond donors (Lipinski definition) is 1. The van der Waals surface area contributed by atoms with Gasteiger partial charge in [-0.15, -0.1) is 0 Å². The van der Waals surface area contributed by atoms with E-state index in [-0.39, 0.29) is 17.6 Å². The van der Waals surface area contributed by atoms with Crippen LogP contribution in [0.25, 0.3) is 21.8 Å². The Hall–Kier alpha value is -2.67. The molecular weight excluding hydrogens is 356 g/mol. The zero-order valence-electron chi connectivity index (χ0n) is 16.9. The quantitative estimate of drug-likeness (QED) is 0.606. The smallest absolute Gasteiger partial charge is 0.291 e. The second kappa shape index (κ2) is 8.56. The van der Waals surface area contributed by atoms with Crippen LogP contribution in [0.15, 0.2) is 35.3 Å². The Bertz CT molecular complexity index is 1040. The number of rotatable bonds is 8. The molecule has 0 aliphatic carbocycles. The normalized spacial score (nSPS) is 12.8. The Morgan fingerprint density at radius 2 is 2.00 bits per heavy atom. The number of hydrogen-bond acceptors (Lipinski definition) is 4. The molecule has 0 aliphatic rings. The van der Waals surface area contributed by atoms with E-state index < -0.39 is 6.04 Å². The lowest BCUT2D eigenvalue weighted by Crippen LogP contribution is -2.34. The van der Waals surface area contributed by atoms with Crippen LogP contribution < -0.4 is 10.9 Å². The molecule has 1 N–H and O–H groups in total. The number of carbonyl (C=O) groups excluding carboxylic acids is 1. The van der Waals surface area contributed by atoms with Gasteiger partial charge in [-0.2, -0.15) is 5.10 Å². The summed E-state index contributed by atoms with van der Waals surface area (Å²) >= 11 is 0. The van der Waals surface area contributed by atoms with E-state index in [0.717, 1.165) is 22.7 Å². The van der Waals surface area contributed by atoms with Crippen LogP contribution in [0.1, 0.15) is 39.7 Å². The van der Waals surface area contributed by atoms with Gasteiger partial charge in [-0.3, -0.25) is 9.59 Å². The van der Waals surface area contributed by atoms with Crippen molar-refractivity contribution in [3.8, 4) is 0 Å². The summed E-state index contributed by atoms with van der Waals surface area (Å²) < 4.78 is 8.70. The van der Waals surface area contributed by atoms with Gasteiger partial charge in [0.15, 0.2) is 0 Å². The highest BCUT2D eigenvalue weighted by atomic mass is 16.5. The topological polar surface area (TPSA) is 78.2 Å². The third-order valence-corrected chi connectivity index (χ3v) is 4.88. The van der Waals surface area contributed by atoms with Crippen LogP contribution in [0.3, 0.4) is 0 Å². The number of aryl methyl sites for hydroxylation is 1. The standard InChI is InChI=1S/C21H28N4O3/c1-5-17(20(26)22-11-8-12-28-14(2)3)25-18-10-7-6-9-15(18)16-13-23-24(4)21(27)19(16)25/h6-7,9-10,13-14,17H,5,8,11-12H2,1-4H3,(H,22,26)/t17-/m1/s1. The van der Waals surface area contributed by atoms with Crippen LogP contribution in [0.5, 0.6) is 0 Å². The van der Waals surface area contributed by atoms with E-state index in [2.05, 4.69) is 10.4 Å². The molecule has 0 spiro atoms. The molecule has 2 heterocycles. The van der Waals surface area contributed by atoms with Crippen LogP contribution in [0, 0.1) is 0 Å². The summed E-state index contributed by atoms with van der Waals surface area (Å²) in [5.41, 5.74) is 1.18.